The quantitative estimate of drug-likeness (QED) is 0.669. The molecule has 0 bridgehead atoms. The van der Waals surface area contributed by atoms with Gasteiger partial charge in [-0.05, 0) is 43.3 Å². The van der Waals surface area contributed by atoms with Crippen LogP contribution in [0.2, 0.25) is 5.02 Å². The predicted octanol–water partition coefficient (Wildman–Crippen LogP) is 3.57. The number of likely N-dealkylation sites (N-methyl/N-ethyl adjacent to an activating group) is 1. The molecule has 0 spiro atoms. The van der Waals surface area contributed by atoms with Gasteiger partial charge in [-0.25, -0.2) is 9.29 Å². The van der Waals surface area contributed by atoms with Crippen molar-refractivity contribution in [3.8, 4) is 11.5 Å². The van der Waals surface area contributed by atoms with Gasteiger partial charge in [0.25, 0.3) is 5.91 Å². The van der Waals surface area contributed by atoms with Gasteiger partial charge in [0.2, 0.25) is 5.91 Å². The van der Waals surface area contributed by atoms with E-state index >= 15 is 0 Å². The van der Waals surface area contributed by atoms with Crippen LogP contribution in [0.4, 0.5) is 10.1 Å². The van der Waals surface area contributed by atoms with Crippen LogP contribution in [-0.2, 0) is 16.1 Å². The second-order valence-corrected chi connectivity index (χ2v) is 7.35. The van der Waals surface area contributed by atoms with Crippen molar-refractivity contribution in [1.82, 2.24) is 4.90 Å². The van der Waals surface area contributed by atoms with Crippen LogP contribution >= 0.6 is 11.6 Å². The summed E-state index contributed by atoms with van der Waals surface area (Å²) >= 11 is 6.13. The van der Waals surface area contributed by atoms with E-state index in [1.165, 1.54) is 26.4 Å². The molecule has 1 saturated heterocycles. The molecule has 3 rings (SSSR count). The third-order valence-electron chi connectivity index (χ3n) is 5.00. The summed E-state index contributed by atoms with van der Waals surface area (Å²) in [4.78, 5) is 28.6. The van der Waals surface area contributed by atoms with Crippen LogP contribution < -0.4 is 14.4 Å². The molecule has 1 aliphatic rings. The third kappa shape index (κ3) is 4.06. The molecule has 1 heterocycles. The summed E-state index contributed by atoms with van der Waals surface area (Å²) < 4.78 is 24.2. The minimum absolute atomic E-state index is 0.0266. The standard InChI is InChI=1S/C21H22ClFN2O4/c1-12-7-16(19(29-4)9-14(12)22)25-20(26)10-17(21(25)27)24(2)11-13-5-6-18(28-3)15(23)8-13/h5-9,17H,10-11H2,1-4H3. The number of benzene rings is 2. The van der Waals surface area contributed by atoms with E-state index in [-0.39, 0.29) is 24.0 Å². The summed E-state index contributed by atoms with van der Waals surface area (Å²) in [6.45, 7) is 2.09. The number of ether oxygens (including phenoxy) is 2. The third-order valence-corrected chi connectivity index (χ3v) is 5.41. The Labute approximate surface area is 173 Å². The number of methoxy groups -OCH3 is 2. The number of imide groups is 1. The van der Waals surface area contributed by atoms with Gasteiger partial charge in [-0.2, -0.15) is 0 Å². The predicted molar refractivity (Wildman–Crippen MR) is 108 cm³/mol. The van der Waals surface area contributed by atoms with Gasteiger partial charge >= 0.3 is 0 Å². The highest BCUT2D eigenvalue weighted by Gasteiger charge is 2.42. The number of halogens is 2. The summed E-state index contributed by atoms with van der Waals surface area (Å²) in [5.74, 6) is -0.655. The van der Waals surface area contributed by atoms with Crippen molar-refractivity contribution in [3.63, 3.8) is 0 Å². The molecule has 2 aromatic carbocycles. The smallest absolute Gasteiger partial charge is 0.251 e. The largest absolute Gasteiger partial charge is 0.495 e. The van der Waals surface area contributed by atoms with Crippen molar-refractivity contribution in [1.29, 1.82) is 0 Å². The Morgan fingerprint density at radius 3 is 2.48 bits per heavy atom. The zero-order valence-electron chi connectivity index (χ0n) is 16.7. The summed E-state index contributed by atoms with van der Waals surface area (Å²) in [6, 6.07) is 7.21. The van der Waals surface area contributed by atoms with Crippen LogP contribution in [0.15, 0.2) is 30.3 Å². The van der Waals surface area contributed by atoms with Crippen molar-refractivity contribution in [2.75, 3.05) is 26.2 Å². The maximum absolute atomic E-state index is 14.0. The van der Waals surface area contributed by atoms with Gasteiger partial charge in [-0.1, -0.05) is 17.7 Å². The fourth-order valence-electron chi connectivity index (χ4n) is 3.41. The Balaban J connectivity index is 1.83. The minimum atomic E-state index is -0.659. The van der Waals surface area contributed by atoms with Crippen LogP contribution in [0.25, 0.3) is 0 Å². The zero-order valence-corrected chi connectivity index (χ0v) is 17.4. The van der Waals surface area contributed by atoms with Gasteiger partial charge in [0, 0.05) is 17.6 Å². The minimum Gasteiger partial charge on any atom is -0.495 e. The van der Waals surface area contributed by atoms with E-state index in [1.807, 2.05) is 0 Å². The molecule has 6 nitrogen and oxygen atoms in total. The first-order chi connectivity index (χ1) is 13.8. The monoisotopic (exact) mass is 420 g/mol. The van der Waals surface area contributed by atoms with Crippen LogP contribution in [0.5, 0.6) is 11.5 Å². The molecular weight excluding hydrogens is 399 g/mol. The first-order valence-electron chi connectivity index (χ1n) is 9.00. The number of anilines is 1. The molecule has 1 atom stereocenters. The van der Waals surface area contributed by atoms with Crippen LogP contribution in [-0.4, -0.2) is 44.0 Å². The second-order valence-electron chi connectivity index (χ2n) is 6.94. The van der Waals surface area contributed by atoms with Gasteiger partial charge in [-0.15, -0.1) is 0 Å². The SMILES string of the molecule is COc1ccc(CN(C)C2CC(=O)N(c3cc(C)c(Cl)cc3OC)C2=O)cc1F. The Morgan fingerprint density at radius 1 is 1.17 bits per heavy atom. The highest BCUT2D eigenvalue weighted by molar-refractivity contribution is 6.32. The van der Waals surface area contributed by atoms with Gasteiger partial charge in [0.15, 0.2) is 11.6 Å². The first-order valence-corrected chi connectivity index (χ1v) is 9.38. The van der Waals surface area contributed by atoms with E-state index in [4.69, 9.17) is 21.1 Å². The molecule has 0 saturated carbocycles. The molecule has 29 heavy (non-hydrogen) atoms. The lowest BCUT2D eigenvalue weighted by Gasteiger charge is -2.24. The average molecular weight is 421 g/mol. The van der Waals surface area contributed by atoms with Crippen molar-refractivity contribution in [2.24, 2.45) is 0 Å². The molecule has 0 radical (unpaired) electrons. The summed E-state index contributed by atoms with van der Waals surface area (Å²) in [5, 5.41) is 0.486. The molecule has 1 fully saturated rings. The molecule has 0 N–H and O–H groups in total. The van der Waals surface area contributed by atoms with E-state index in [1.54, 1.807) is 37.1 Å². The lowest BCUT2D eigenvalue weighted by Crippen LogP contribution is -2.39. The number of hydrogen-bond acceptors (Lipinski definition) is 5. The van der Waals surface area contributed by atoms with Gasteiger partial charge < -0.3 is 9.47 Å². The topological polar surface area (TPSA) is 59.1 Å². The fourth-order valence-corrected chi connectivity index (χ4v) is 3.56. The number of rotatable bonds is 6. The summed E-state index contributed by atoms with van der Waals surface area (Å²) in [6.07, 6.45) is 0.0266. The van der Waals surface area contributed by atoms with Crippen LogP contribution in [0, 0.1) is 12.7 Å². The van der Waals surface area contributed by atoms with Gasteiger partial charge in [-0.3, -0.25) is 14.5 Å². The molecule has 1 aliphatic heterocycles. The first kappa shape index (κ1) is 21.1. The van der Waals surface area contributed by atoms with E-state index < -0.39 is 11.9 Å². The summed E-state index contributed by atoms with van der Waals surface area (Å²) in [5.41, 5.74) is 1.77. The second kappa shape index (κ2) is 8.39. The average Bonchev–Trinajstić information content (AvgIpc) is 2.98. The van der Waals surface area contributed by atoms with Gasteiger partial charge in [0.1, 0.15) is 5.75 Å². The summed E-state index contributed by atoms with van der Waals surface area (Å²) in [7, 11) is 4.58. The number of amides is 2. The number of carbonyl (C=O) groups excluding carboxylic acids is 2. The van der Waals surface area contributed by atoms with Gasteiger partial charge in [0.05, 0.1) is 32.4 Å². The Morgan fingerprint density at radius 2 is 1.86 bits per heavy atom. The normalized spacial score (nSPS) is 16.7. The van der Waals surface area contributed by atoms with Crippen LogP contribution in [0.3, 0.4) is 0 Å². The lowest BCUT2D eigenvalue weighted by molar-refractivity contribution is -0.122. The zero-order chi connectivity index (χ0) is 21.3. The highest BCUT2D eigenvalue weighted by atomic mass is 35.5. The molecule has 0 aliphatic carbocycles. The molecule has 154 valence electrons. The molecule has 1 unspecified atom stereocenters. The Bertz CT molecular complexity index is 966. The molecule has 8 heteroatoms. The van der Waals surface area contributed by atoms with Crippen molar-refractivity contribution in [2.45, 2.75) is 25.9 Å². The molecule has 2 aromatic rings. The molecule has 0 aromatic heterocycles. The van der Waals surface area contributed by atoms with E-state index in [0.29, 0.717) is 28.6 Å². The maximum atomic E-state index is 14.0. The molecule has 2 amide bonds. The highest BCUT2D eigenvalue weighted by Crippen LogP contribution is 2.37. The van der Waals surface area contributed by atoms with E-state index in [0.717, 1.165) is 10.5 Å². The van der Waals surface area contributed by atoms with E-state index in [9.17, 15) is 14.0 Å². The van der Waals surface area contributed by atoms with Crippen molar-refractivity contribution < 1.29 is 23.5 Å². The Kier molecular flexibility index (Phi) is 6.10. The number of nitrogens with zero attached hydrogens (tertiary/aromatic N) is 2. The lowest BCUT2D eigenvalue weighted by atomic mass is 10.1. The van der Waals surface area contributed by atoms with Crippen molar-refractivity contribution >= 4 is 29.1 Å². The maximum Gasteiger partial charge on any atom is 0.251 e. The number of carbonyl (C=O) groups is 2. The van der Waals surface area contributed by atoms with Crippen molar-refractivity contribution in [3.05, 3.63) is 52.3 Å². The fraction of sp³-hybridized carbons (Fsp3) is 0.333. The Hall–Kier alpha value is -2.64. The number of hydrogen-bond donors (Lipinski definition) is 0. The van der Waals surface area contributed by atoms with E-state index in [2.05, 4.69) is 0 Å². The van der Waals surface area contributed by atoms with Crippen LogP contribution in [0.1, 0.15) is 17.5 Å². The number of aryl methyl sites for hydroxylation is 1. The molecular formula is C21H22ClFN2O4.